The first-order chi connectivity index (χ1) is 12.1. The van der Waals surface area contributed by atoms with E-state index in [0.29, 0.717) is 12.4 Å². The second-order valence-corrected chi connectivity index (χ2v) is 6.89. The number of rotatable bonds is 8. The van der Waals surface area contributed by atoms with E-state index in [1.807, 2.05) is 13.8 Å². The van der Waals surface area contributed by atoms with Gasteiger partial charge in [-0.1, -0.05) is 0 Å². The summed E-state index contributed by atoms with van der Waals surface area (Å²) in [5.74, 6) is 1.23. The number of nitrogens with one attached hydrogen (secondary N) is 2. The maximum absolute atomic E-state index is 12.8. The lowest BCUT2D eigenvalue weighted by atomic mass is 10.3. The van der Waals surface area contributed by atoms with Crippen molar-refractivity contribution in [1.29, 1.82) is 0 Å². The van der Waals surface area contributed by atoms with Gasteiger partial charge in [-0.25, -0.2) is 9.37 Å². The molecule has 1 heterocycles. The SMILES string of the molecule is CN=C(NCCCCOc1ccc(F)cc1)NCc1sc(C)nc1C.I. The van der Waals surface area contributed by atoms with Gasteiger partial charge in [0, 0.05) is 18.5 Å². The molecule has 0 bridgehead atoms. The fourth-order valence-electron chi connectivity index (χ4n) is 2.28. The summed E-state index contributed by atoms with van der Waals surface area (Å²) in [4.78, 5) is 9.88. The Morgan fingerprint density at radius 3 is 2.54 bits per heavy atom. The molecule has 2 aromatic rings. The Morgan fingerprint density at radius 2 is 1.92 bits per heavy atom. The summed E-state index contributed by atoms with van der Waals surface area (Å²) >= 11 is 1.70. The largest absolute Gasteiger partial charge is 0.494 e. The summed E-state index contributed by atoms with van der Waals surface area (Å²) in [7, 11) is 1.76. The molecular formula is C18H26FIN4OS. The number of nitrogens with zero attached hydrogens (tertiary/aromatic N) is 2. The highest BCUT2D eigenvalue weighted by atomic mass is 127. The lowest BCUT2D eigenvalue weighted by Crippen LogP contribution is -2.37. The van der Waals surface area contributed by atoms with Gasteiger partial charge in [0.1, 0.15) is 11.6 Å². The maximum Gasteiger partial charge on any atom is 0.191 e. The van der Waals surface area contributed by atoms with Crippen molar-refractivity contribution in [3.63, 3.8) is 0 Å². The number of unbranched alkanes of at least 4 members (excludes halogenated alkanes) is 1. The van der Waals surface area contributed by atoms with E-state index in [2.05, 4.69) is 20.6 Å². The molecule has 5 nitrogen and oxygen atoms in total. The van der Waals surface area contributed by atoms with Crippen LogP contribution in [0.2, 0.25) is 0 Å². The highest BCUT2D eigenvalue weighted by Crippen LogP contribution is 2.16. The molecule has 0 aliphatic rings. The van der Waals surface area contributed by atoms with Crippen LogP contribution in [-0.4, -0.2) is 31.1 Å². The van der Waals surface area contributed by atoms with Crippen molar-refractivity contribution in [2.75, 3.05) is 20.2 Å². The van der Waals surface area contributed by atoms with E-state index in [-0.39, 0.29) is 29.8 Å². The molecule has 2 rings (SSSR count). The Bertz CT molecular complexity index is 691. The van der Waals surface area contributed by atoms with Gasteiger partial charge in [-0.2, -0.15) is 0 Å². The number of hydrogen-bond donors (Lipinski definition) is 2. The molecule has 0 saturated carbocycles. The van der Waals surface area contributed by atoms with E-state index in [1.54, 1.807) is 30.5 Å². The van der Waals surface area contributed by atoms with Gasteiger partial charge in [0.05, 0.1) is 23.9 Å². The second kappa shape index (κ2) is 12.1. The van der Waals surface area contributed by atoms with Crippen LogP contribution in [0, 0.1) is 19.7 Å². The molecule has 0 spiro atoms. The molecule has 0 aliphatic heterocycles. The first-order valence-electron chi connectivity index (χ1n) is 8.34. The number of halogens is 2. The summed E-state index contributed by atoms with van der Waals surface area (Å²) in [6.45, 7) is 6.19. The highest BCUT2D eigenvalue weighted by Gasteiger charge is 2.05. The quantitative estimate of drug-likeness (QED) is 0.253. The third-order valence-corrected chi connectivity index (χ3v) is 4.66. The molecule has 2 N–H and O–H groups in total. The summed E-state index contributed by atoms with van der Waals surface area (Å²) in [5, 5.41) is 7.68. The number of aromatic nitrogens is 1. The summed E-state index contributed by atoms with van der Waals surface area (Å²) in [6, 6.07) is 6.09. The molecule has 0 saturated heterocycles. The van der Waals surface area contributed by atoms with E-state index >= 15 is 0 Å². The van der Waals surface area contributed by atoms with Crippen molar-refractivity contribution in [1.82, 2.24) is 15.6 Å². The molecule has 0 aliphatic carbocycles. The molecule has 0 fully saturated rings. The van der Waals surface area contributed by atoms with Crippen molar-refractivity contribution < 1.29 is 9.13 Å². The third-order valence-electron chi connectivity index (χ3n) is 3.59. The van der Waals surface area contributed by atoms with Crippen LogP contribution < -0.4 is 15.4 Å². The van der Waals surface area contributed by atoms with E-state index in [9.17, 15) is 4.39 Å². The van der Waals surface area contributed by atoms with Crippen LogP contribution in [-0.2, 0) is 6.54 Å². The van der Waals surface area contributed by atoms with Crippen LogP contribution in [0.25, 0.3) is 0 Å². The molecule has 144 valence electrons. The van der Waals surface area contributed by atoms with Crippen LogP contribution >= 0.6 is 35.3 Å². The predicted octanol–water partition coefficient (Wildman–Crippen LogP) is 4.04. The Labute approximate surface area is 175 Å². The summed E-state index contributed by atoms with van der Waals surface area (Å²) < 4.78 is 18.4. The Hall–Kier alpha value is -1.42. The molecule has 26 heavy (non-hydrogen) atoms. The molecule has 0 radical (unpaired) electrons. The van der Waals surface area contributed by atoms with E-state index in [4.69, 9.17) is 4.74 Å². The van der Waals surface area contributed by atoms with Crippen LogP contribution in [0.1, 0.15) is 28.4 Å². The zero-order valence-corrected chi connectivity index (χ0v) is 18.5. The van der Waals surface area contributed by atoms with E-state index in [1.165, 1.54) is 17.0 Å². The number of aliphatic imine (C=N–C) groups is 1. The second-order valence-electron chi connectivity index (χ2n) is 5.60. The highest BCUT2D eigenvalue weighted by molar-refractivity contribution is 14.0. The zero-order chi connectivity index (χ0) is 18.1. The Kier molecular flexibility index (Phi) is 10.5. The smallest absolute Gasteiger partial charge is 0.191 e. The zero-order valence-electron chi connectivity index (χ0n) is 15.3. The molecule has 0 unspecified atom stereocenters. The van der Waals surface area contributed by atoms with Gasteiger partial charge in [-0.15, -0.1) is 35.3 Å². The van der Waals surface area contributed by atoms with Crippen LogP contribution in [0.5, 0.6) is 5.75 Å². The third kappa shape index (κ3) is 7.86. The molecule has 0 atom stereocenters. The molecule has 0 amide bonds. The topological polar surface area (TPSA) is 58.5 Å². The standard InChI is InChI=1S/C18H25FN4OS.HI/c1-13-17(25-14(2)23-13)12-22-18(20-3)21-10-4-5-11-24-16-8-6-15(19)7-9-16;/h6-9H,4-5,10-12H2,1-3H3,(H2,20,21,22);1H. The minimum atomic E-state index is -0.251. The van der Waals surface area contributed by atoms with Gasteiger partial charge in [-0.3, -0.25) is 4.99 Å². The van der Waals surface area contributed by atoms with Crippen molar-refractivity contribution in [3.05, 3.63) is 45.7 Å². The fraction of sp³-hybridized carbons (Fsp3) is 0.444. The normalized spacial score (nSPS) is 11.0. The van der Waals surface area contributed by atoms with E-state index < -0.39 is 0 Å². The van der Waals surface area contributed by atoms with Crippen molar-refractivity contribution in [3.8, 4) is 5.75 Å². The van der Waals surface area contributed by atoms with Crippen molar-refractivity contribution >= 4 is 41.3 Å². The maximum atomic E-state index is 12.8. The average Bonchev–Trinajstić information content (AvgIpc) is 2.92. The Morgan fingerprint density at radius 1 is 1.19 bits per heavy atom. The lowest BCUT2D eigenvalue weighted by Gasteiger charge is -2.11. The number of aryl methyl sites for hydroxylation is 2. The lowest BCUT2D eigenvalue weighted by molar-refractivity contribution is 0.306. The van der Waals surface area contributed by atoms with Gasteiger partial charge in [0.2, 0.25) is 0 Å². The minimum Gasteiger partial charge on any atom is -0.494 e. The molecule has 1 aromatic carbocycles. The monoisotopic (exact) mass is 492 g/mol. The van der Waals surface area contributed by atoms with Crippen LogP contribution in [0.3, 0.4) is 0 Å². The Balaban J connectivity index is 0.00000338. The minimum absolute atomic E-state index is 0. The van der Waals surface area contributed by atoms with Gasteiger partial charge in [0.15, 0.2) is 5.96 Å². The van der Waals surface area contributed by atoms with Gasteiger partial charge in [-0.05, 0) is 51.0 Å². The van der Waals surface area contributed by atoms with Crippen molar-refractivity contribution in [2.24, 2.45) is 4.99 Å². The average molecular weight is 492 g/mol. The van der Waals surface area contributed by atoms with Gasteiger partial charge >= 0.3 is 0 Å². The first kappa shape index (κ1) is 22.6. The van der Waals surface area contributed by atoms with Crippen LogP contribution in [0.15, 0.2) is 29.3 Å². The van der Waals surface area contributed by atoms with E-state index in [0.717, 1.165) is 42.6 Å². The van der Waals surface area contributed by atoms with Crippen molar-refractivity contribution in [2.45, 2.75) is 33.2 Å². The fourth-order valence-corrected chi connectivity index (χ4v) is 3.15. The number of guanidine groups is 1. The summed E-state index contributed by atoms with van der Waals surface area (Å²) in [6.07, 6.45) is 1.87. The number of ether oxygens (including phenoxy) is 1. The first-order valence-corrected chi connectivity index (χ1v) is 9.16. The van der Waals surface area contributed by atoms with Crippen LogP contribution in [0.4, 0.5) is 4.39 Å². The molecule has 8 heteroatoms. The molecular weight excluding hydrogens is 466 g/mol. The number of hydrogen-bond acceptors (Lipinski definition) is 4. The number of benzene rings is 1. The molecule has 1 aromatic heterocycles. The predicted molar refractivity (Wildman–Crippen MR) is 116 cm³/mol. The van der Waals surface area contributed by atoms with Gasteiger partial charge in [0.25, 0.3) is 0 Å². The number of thiazole rings is 1. The van der Waals surface area contributed by atoms with Gasteiger partial charge < -0.3 is 15.4 Å². The summed E-state index contributed by atoms with van der Waals surface area (Å²) in [5.41, 5.74) is 1.07.